The maximum absolute atomic E-state index is 12.7. The Balaban J connectivity index is 1.77. The summed E-state index contributed by atoms with van der Waals surface area (Å²) < 4.78 is 45.1. The van der Waals surface area contributed by atoms with Crippen LogP contribution in [0.25, 0.3) is 28.4 Å². The molecule has 0 atom stereocenters. The van der Waals surface area contributed by atoms with Crippen molar-refractivity contribution in [2.24, 2.45) is 0 Å². The highest BCUT2D eigenvalue weighted by Gasteiger charge is 2.30. The highest BCUT2D eigenvalue weighted by molar-refractivity contribution is 5.72. The van der Waals surface area contributed by atoms with Crippen molar-refractivity contribution < 1.29 is 17.6 Å². The third-order valence-corrected chi connectivity index (χ3v) is 3.97. The number of aromatic nitrogens is 3. The molecular weight excluding hydrogens is 345 g/mol. The van der Waals surface area contributed by atoms with E-state index in [2.05, 4.69) is 10.1 Å². The second kappa shape index (κ2) is 5.62. The zero-order valence-electron chi connectivity index (χ0n) is 13.6. The Morgan fingerprint density at radius 1 is 1.00 bits per heavy atom. The van der Waals surface area contributed by atoms with E-state index < -0.39 is 11.7 Å². The molecule has 0 bridgehead atoms. The molecule has 5 nitrogen and oxygen atoms in total. The molecule has 0 unspecified atom stereocenters. The minimum absolute atomic E-state index is 0.319. The Bertz CT molecular complexity index is 1090. The summed E-state index contributed by atoms with van der Waals surface area (Å²) in [7, 11) is 0. The van der Waals surface area contributed by atoms with Crippen molar-refractivity contribution in [1.29, 1.82) is 0 Å². The number of aryl methyl sites for hydroxylation is 1. The van der Waals surface area contributed by atoms with Gasteiger partial charge in [-0.05, 0) is 54.4 Å². The average molecular weight is 358 g/mol. The number of nitrogen functional groups attached to an aromatic ring is 1. The van der Waals surface area contributed by atoms with Gasteiger partial charge in [0, 0.05) is 0 Å². The Kier molecular flexibility index (Phi) is 3.50. The Hall–Kier alpha value is -3.29. The summed E-state index contributed by atoms with van der Waals surface area (Å²) in [6.07, 6.45) is -4.37. The SMILES string of the molecule is Cc1ccc(-c2nc3cc(-c4ccc(C(F)(F)F)cc4)cc(N)n3n2)o1. The molecule has 4 aromatic rings. The van der Waals surface area contributed by atoms with E-state index in [4.69, 9.17) is 10.2 Å². The molecule has 4 rings (SSSR count). The molecule has 3 aromatic heterocycles. The number of pyridine rings is 1. The number of halogens is 3. The van der Waals surface area contributed by atoms with E-state index in [1.165, 1.54) is 16.6 Å². The minimum atomic E-state index is -4.37. The first kappa shape index (κ1) is 16.2. The molecule has 0 radical (unpaired) electrons. The quantitative estimate of drug-likeness (QED) is 0.570. The first-order chi connectivity index (χ1) is 12.3. The largest absolute Gasteiger partial charge is 0.458 e. The summed E-state index contributed by atoms with van der Waals surface area (Å²) in [5.41, 5.74) is 7.07. The predicted molar refractivity (Wildman–Crippen MR) is 90.3 cm³/mol. The summed E-state index contributed by atoms with van der Waals surface area (Å²) in [6, 6.07) is 11.8. The minimum Gasteiger partial charge on any atom is -0.458 e. The Morgan fingerprint density at radius 3 is 2.35 bits per heavy atom. The van der Waals surface area contributed by atoms with E-state index in [0.717, 1.165) is 17.9 Å². The predicted octanol–water partition coefficient (Wildman–Crippen LogP) is 4.57. The van der Waals surface area contributed by atoms with Gasteiger partial charge in [-0.15, -0.1) is 5.10 Å². The second-order valence-corrected chi connectivity index (χ2v) is 5.86. The Labute approximate surface area is 145 Å². The zero-order valence-corrected chi connectivity index (χ0v) is 13.6. The molecule has 132 valence electrons. The van der Waals surface area contributed by atoms with E-state index in [1.807, 2.05) is 6.92 Å². The normalized spacial score (nSPS) is 12.0. The number of rotatable bonds is 2. The maximum Gasteiger partial charge on any atom is 0.416 e. The Morgan fingerprint density at radius 2 is 1.73 bits per heavy atom. The van der Waals surface area contributed by atoms with Gasteiger partial charge in [0.05, 0.1) is 5.56 Å². The molecule has 0 fully saturated rings. The number of hydrogen-bond acceptors (Lipinski definition) is 4. The number of alkyl halides is 3. The highest BCUT2D eigenvalue weighted by atomic mass is 19.4. The van der Waals surface area contributed by atoms with E-state index in [1.54, 1.807) is 24.3 Å². The van der Waals surface area contributed by atoms with Crippen LogP contribution in [-0.4, -0.2) is 14.6 Å². The molecule has 0 saturated carbocycles. The summed E-state index contributed by atoms with van der Waals surface area (Å²) in [5.74, 6) is 1.95. The van der Waals surface area contributed by atoms with Gasteiger partial charge in [0.1, 0.15) is 11.6 Å². The fraction of sp³-hybridized carbons (Fsp3) is 0.111. The molecule has 0 aliphatic carbocycles. The van der Waals surface area contributed by atoms with Crippen molar-refractivity contribution in [3.05, 3.63) is 59.9 Å². The summed E-state index contributed by atoms with van der Waals surface area (Å²) in [4.78, 5) is 4.40. The van der Waals surface area contributed by atoms with Gasteiger partial charge < -0.3 is 10.2 Å². The summed E-state index contributed by atoms with van der Waals surface area (Å²) in [5, 5.41) is 4.32. The standard InChI is InChI=1S/C18H13F3N4O/c1-10-2-7-14(26-10)17-23-16-9-12(8-15(22)25(16)24-17)11-3-5-13(6-4-11)18(19,20)21/h2-9H,22H2,1H3. The van der Waals surface area contributed by atoms with Gasteiger partial charge >= 0.3 is 6.18 Å². The zero-order chi connectivity index (χ0) is 18.5. The highest BCUT2D eigenvalue weighted by Crippen LogP contribution is 2.32. The van der Waals surface area contributed by atoms with Crippen LogP contribution < -0.4 is 5.73 Å². The number of fused-ring (bicyclic) bond motifs is 1. The smallest absolute Gasteiger partial charge is 0.416 e. The third kappa shape index (κ3) is 2.79. The van der Waals surface area contributed by atoms with Gasteiger partial charge in [-0.3, -0.25) is 0 Å². The number of nitrogens with zero attached hydrogens (tertiary/aromatic N) is 3. The van der Waals surface area contributed by atoms with Crippen LogP contribution in [0, 0.1) is 6.92 Å². The first-order valence-electron chi connectivity index (χ1n) is 7.72. The molecule has 1 aromatic carbocycles. The van der Waals surface area contributed by atoms with E-state index in [0.29, 0.717) is 34.2 Å². The monoisotopic (exact) mass is 358 g/mol. The first-order valence-corrected chi connectivity index (χ1v) is 7.72. The van der Waals surface area contributed by atoms with Gasteiger partial charge in [0.15, 0.2) is 11.4 Å². The number of furan rings is 1. The summed E-state index contributed by atoms with van der Waals surface area (Å²) >= 11 is 0. The van der Waals surface area contributed by atoms with Crippen molar-refractivity contribution in [3.8, 4) is 22.7 Å². The van der Waals surface area contributed by atoms with Gasteiger partial charge in [0.2, 0.25) is 5.82 Å². The van der Waals surface area contributed by atoms with Gasteiger partial charge in [-0.1, -0.05) is 12.1 Å². The molecule has 0 saturated heterocycles. The van der Waals surface area contributed by atoms with Crippen LogP contribution in [0.2, 0.25) is 0 Å². The van der Waals surface area contributed by atoms with Crippen LogP contribution in [0.15, 0.2) is 52.9 Å². The fourth-order valence-corrected chi connectivity index (χ4v) is 2.69. The van der Waals surface area contributed by atoms with Gasteiger partial charge in [-0.25, -0.2) is 4.98 Å². The van der Waals surface area contributed by atoms with Crippen LogP contribution >= 0.6 is 0 Å². The van der Waals surface area contributed by atoms with Crippen LogP contribution in [0.1, 0.15) is 11.3 Å². The van der Waals surface area contributed by atoms with Crippen molar-refractivity contribution in [3.63, 3.8) is 0 Å². The lowest BCUT2D eigenvalue weighted by atomic mass is 10.0. The number of nitrogens with two attached hydrogens (primary N) is 1. The van der Waals surface area contributed by atoms with Gasteiger partial charge in [-0.2, -0.15) is 17.7 Å². The molecule has 3 heterocycles. The number of anilines is 1. The lowest BCUT2D eigenvalue weighted by molar-refractivity contribution is -0.137. The molecule has 26 heavy (non-hydrogen) atoms. The average Bonchev–Trinajstić information content (AvgIpc) is 3.20. The van der Waals surface area contributed by atoms with Crippen molar-refractivity contribution in [1.82, 2.24) is 14.6 Å². The lowest BCUT2D eigenvalue weighted by Gasteiger charge is -2.08. The molecule has 0 aliphatic rings. The van der Waals surface area contributed by atoms with E-state index >= 15 is 0 Å². The molecule has 2 N–H and O–H groups in total. The lowest BCUT2D eigenvalue weighted by Crippen LogP contribution is -2.04. The molecular formula is C18H13F3N4O. The molecule has 0 spiro atoms. The molecule has 8 heteroatoms. The van der Waals surface area contributed by atoms with Crippen LogP contribution in [0.5, 0.6) is 0 Å². The molecule has 0 amide bonds. The van der Waals surface area contributed by atoms with Gasteiger partial charge in [0.25, 0.3) is 0 Å². The number of benzene rings is 1. The van der Waals surface area contributed by atoms with Crippen molar-refractivity contribution >= 4 is 11.5 Å². The third-order valence-electron chi connectivity index (χ3n) is 3.97. The van der Waals surface area contributed by atoms with Crippen LogP contribution in [0.3, 0.4) is 0 Å². The maximum atomic E-state index is 12.7. The van der Waals surface area contributed by atoms with E-state index in [-0.39, 0.29) is 0 Å². The molecule has 0 aliphatic heterocycles. The van der Waals surface area contributed by atoms with E-state index in [9.17, 15) is 13.2 Å². The van der Waals surface area contributed by atoms with Crippen LogP contribution in [-0.2, 0) is 6.18 Å². The topological polar surface area (TPSA) is 69.3 Å². The van der Waals surface area contributed by atoms with Crippen LogP contribution in [0.4, 0.5) is 19.0 Å². The number of hydrogen-bond donors (Lipinski definition) is 1. The van der Waals surface area contributed by atoms with Crippen molar-refractivity contribution in [2.75, 3.05) is 5.73 Å². The second-order valence-electron chi connectivity index (χ2n) is 5.86. The fourth-order valence-electron chi connectivity index (χ4n) is 2.69. The van der Waals surface area contributed by atoms with Crippen molar-refractivity contribution in [2.45, 2.75) is 13.1 Å². The summed E-state index contributed by atoms with van der Waals surface area (Å²) in [6.45, 7) is 1.82.